The molecule has 0 bridgehead atoms. The number of piperidine rings is 1. The number of aromatic amines is 1. The maximum atomic E-state index is 13.1. The Labute approximate surface area is 202 Å². The Hall–Kier alpha value is -3.12. The third kappa shape index (κ3) is 5.68. The van der Waals surface area contributed by atoms with E-state index in [9.17, 15) is 9.59 Å². The highest BCUT2D eigenvalue weighted by Gasteiger charge is 2.32. The summed E-state index contributed by atoms with van der Waals surface area (Å²) in [7, 11) is 5.79. The van der Waals surface area contributed by atoms with Crippen molar-refractivity contribution in [2.75, 3.05) is 40.8 Å². The van der Waals surface area contributed by atoms with Gasteiger partial charge < -0.3 is 19.7 Å². The first-order chi connectivity index (χ1) is 16.4. The van der Waals surface area contributed by atoms with E-state index in [-0.39, 0.29) is 17.9 Å². The van der Waals surface area contributed by atoms with Crippen molar-refractivity contribution in [2.45, 2.75) is 31.7 Å². The summed E-state index contributed by atoms with van der Waals surface area (Å²) in [6.45, 7) is 1.89. The lowest BCUT2D eigenvalue weighted by Gasteiger charge is -2.40. The minimum absolute atomic E-state index is 0.126. The number of hydrogen-bond acceptors (Lipinski definition) is 3. The Morgan fingerprint density at radius 2 is 1.68 bits per heavy atom. The molecule has 1 aliphatic heterocycles. The van der Waals surface area contributed by atoms with Crippen molar-refractivity contribution in [3.8, 4) is 0 Å². The third-order valence-electron chi connectivity index (χ3n) is 7.08. The van der Waals surface area contributed by atoms with Crippen LogP contribution >= 0.6 is 0 Å². The van der Waals surface area contributed by atoms with Crippen LogP contribution in [0.15, 0.2) is 60.8 Å². The number of para-hydroxylation sites is 1. The van der Waals surface area contributed by atoms with Crippen LogP contribution in [0.1, 0.15) is 24.0 Å². The van der Waals surface area contributed by atoms with Crippen molar-refractivity contribution in [1.29, 1.82) is 0 Å². The molecule has 0 aliphatic carbocycles. The molecule has 1 atom stereocenters. The summed E-state index contributed by atoms with van der Waals surface area (Å²) in [5.74, 6) is 0.692. The van der Waals surface area contributed by atoms with E-state index in [1.54, 1.807) is 0 Å². The van der Waals surface area contributed by atoms with E-state index in [1.807, 2.05) is 66.3 Å². The minimum atomic E-state index is 0.126. The van der Waals surface area contributed by atoms with Crippen molar-refractivity contribution >= 4 is 22.7 Å². The predicted octanol–water partition coefficient (Wildman–Crippen LogP) is 3.58. The number of likely N-dealkylation sites (N-methyl/N-ethyl adjacent to an activating group) is 2. The molecule has 2 amide bonds. The molecule has 0 spiro atoms. The molecule has 1 aromatic heterocycles. The number of aromatic nitrogens is 1. The Morgan fingerprint density at radius 3 is 2.38 bits per heavy atom. The van der Waals surface area contributed by atoms with E-state index in [2.05, 4.69) is 35.3 Å². The van der Waals surface area contributed by atoms with Crippen LogP contribution in [-0.2, 0) is 22.4 Å². The molecule has 0 unspecified atom stereocenters. The normalized spacial score (nSPS) is 15.6. The van der Waals surface area contributed by atoms with Gasteiger partial charge in [0.05, 0.1) is 13.0 Å². The Morgan fingerprint density at radius 1 is 1.00 bits per heavy atom. The number of H-pyrrole nitrogens is 1. The number of nitrogens with one attached hydrogen (secondary N) is 1. The molecule has 2 heterocycles. The second kappa shape index (κ2) is 10.9. The van der Waals surface area contributed by atoms with E-state index >= 15 is 0 Å². The summed E-state index contributed by atoms with van der Waals surface area (Å²) in [6, 6.07) is 18.6. The molecule has 3 aromatic rings. The van der Waals surface area contributed by atoms with Crippen molar-refractivity contribution in [3.63, 3.8) is 0 Å². The van der Waals surface area contributed by atoms with Gasteiger partial charge in [0.1, 0.15) is 0 Å². The van der Waals surface area contributed by atoms with Gasteiger partial charge in [0, 0.05) is 43.3 Å². The van der Waals surface area contributed by atoms with Gasteiger partial charge in [0.2, 0.25) is 11.8 Å². The van der Waals surface area contributed by atoms with Crippen LogP contribution in [0.25, 0.3) is 10.9 Å². The molecule has 1 N–H and O–H groups in total. The third-order valence-corrected chi connectivity index (χ3v) is 7.08. The molecular formula is C28H36N4O2. The summed E-state index contributed by atoms with van der Waals surface area (Å²) in [4.78, 5) is 35.1. The van der Waals surface area contributed by atoms with Crippen LogP contribution in [0, 0.1) is 5.92 Å². The number of amides is 2. The van der Waals surface area contributed by atoms with Gasteiger partial charge in [0.25, 0.3) is 0 Å². The highest BCUT2D eigenvalue weighted by Crippen LogP contribution is 2.27. The standard InChI is InChI=1S/C28H36N4O2/c1-30(2)20-28(34)31(3)26(17-21-9-5-4-6-10-21)22-13-15-32(16-14-22)27(33)18-23-19-29-25-12-8-7-11-24(23)25/h4-12,19,22,26,29H,13-18,20H2,1-3H3/t26-/m0/s1. The molecule has 2 aromatic carbocycles. The van der Waals surface area contributed by atoms with E-state index in [0.29, 0.717) is 18.9 Å². The summed E-state index contributed by atoms with van der Waals surface area (Å²) in [5.41, 5.74) is 3.37. The number of likely N-dealkylation sites (tertiary alicyclic amines) is 1. The lowest BCUT2D eigenvalue weighted by atomic mass is 9.84. The number of hydrogen-bond donors (Lipinski definition) is 1. The van der Waals surface area contributed by atoms with E-state index < -0.39 is 0 Å². The highest BCUT2D eigenvalue weighted by atomic mass is 16.2. The zero-order valence-electron chi connectivity index (χ0n) is 20.5. The van der Waals surface area contributed by atoms with Crippen LogP contribution in [-0.4, -0.2) is 78.3 Å². The topological polar surface area (TPSA) is 59.7 Å². The molecule has 34 heavy (non-hydrogen) atoms. The average Bonchev–Trinajstić information content (AvgIpc) is 3.25. The van der Waals surface area contributed by atoms with Gasteiger partial charge >= 0.3 is 0 Å². The predicted molar refractivity (Wildman–Crippen MR) is 137 cm³/mol. The fourth-order valence-electron chi connectivity index (χ4n) is 5.13. The SMILES string of the molecule is CN(C)CC(=O)N(C)[C@@H](Cc1ccccc1)C1CCN(C(=O)Cc2c[nH]c3ccccc23)CC1. The second-order valence-electron chi connectivity index (χ2n) is 9.75. The lowest BCUT2D eigenvalue weighted by Crippen LogP contribution is -2.50. The van der Waals surface area contributed by atoms with E-state index in [4.69, 9.17) is 0 Å². The van der Waals surface area contributed by atoms with Crippen LogP contribution in [0.2, 0.25) is 0 Å². The van der Waals surface area contributed by atoms with Crippen molar-refractivity contribution in [3.05, 3.63) is 71.9 Å². The van der Waals surface area contributed by atoms with Gasteiger partial charge in [-0.05, 0) is 56.5 Å². The lowest BCUT2D eigenvalue weighted by molar-refractivity contribution is -0.136. The largest absolute Gasteiger partial charge is 0.361 e. The first-order valence-corrected chi connectivity index (χ1v) is 12.2. The highest BCUT2D eigenvalue weighted by molar-refractivity contribution is 5.89. The summed E-state index contributed by atoms with van der Waals surface area (Å²) < 4.78 is 0. The van der Waals surface area contributed by atoms with Gasteiger partial charge in [-0.2, -0.15) is 0 Å². The minimum Gasteiger partial charge on any atom is -0.361 e. The van der Waals surface area contributed by atoms with Crippen LogP contribution < -0.4 is 0 Å². The fraction of sp³-hybridized carbons (Fsp3) is 0.429. The first-order valence-electron chi connectivity index (χ1n) is 12.2. The van der Waals surface area contributed by atoms with Gasteiger partial charge in [0.15, 0.2) is 0 Å². The van der Waals surface area contributed by atoms with Crippen molar-refractivity contribution < 1.29 is 9.59 Å². The quantitative estimate of drug-likeness (QED) is 0.559. The maximum absolute atomic E-state index is 13.1. The van der Waals surface area contributed by atoms with Crippen molar-refractivity contribution in [1.82, 2.24) is 19.7 Å². The monoisotopic (exact) mass is 460 g/mol. The zero-order chi connectivity index (χ0) is 24.1. The summed E-state index contributed by atoms with van der Waals surface area (Å²) in [6.07, 6.45) is 5.04. The molecule has 180 valence electrons. The second-order valence-corrected chi connectivity index (χ2v) is 9.75. The average molecular weight is 461 g/mol. The molecule has 1 aliphatic rings. The Balaban J connectivity index is 1.41. The Kier molecular flexibility index (Phi) is 7.68. The first kappa shape index (κ1) is 24.0. The number of carbonyl (C=O) groups excluding carboxylic acids is 2. The molecule has 6 nitrogen and oxygen atoms in total. The number of fused-ring (bicyclic) bond motifs is 1. The van der Waals surface area contributed by atoms with E-state index in [0.717, 1.165) is 48.8 Å². The molecule has 0 radical (unpaired) electrons. The summed E-state index contributed by atoms with van der Waals surface area (Å²) >= 11 is 0. The van der Waals surface area contributed by atoms with Crippen LogP contribution in [0.3, 0.4) is 0 Å². The fourth-order valence-corrected chi connectivity index (χ4v) is 5.13. The van der Waals surface area contributed by atoms with Crippen molar-refractivity contribution in [2.24, 2.45) is 5.92 Å². The number of rotatable bonds is 8. The van der Waals surface area contributed by atoms with Crippen LogP contribution in [0.5, 0.6) is 0 Å². The number of nitrogens with zero attached hydrogens (tertiary/aromatic N) is 3. The Bertz CT molecular complexity index is 1100. The van der Waals surface area contributed by atoms with Gasteiger partial charge in [-0.3, -0.25) is 9.59 Å². The smallest absolute Gasteiger partial charge is 0.236 e. The van der Waals surface area contributed by atoms with Gasteiger partial charge in [-0.15, -0.1) is 0 Å². The van der Waals surface area contributed by atoms with Gasteiger partial charge in [-0.25, -0.2) is 0 Å². The van der Waals surface area contributed by atoms with E-state index in [1.165, 1.54) is 5.56 Å². The zero-order valence-corrected chi connectivity index (χ0v) is 20.5. The molecule has 6 heteroatoms. The van der Waals surface area contributed by atoms with Crippen LogP contribution in [0.4, 0.5) is 0 Å². The molecule has 0 saturated carbocycles. The maximum Gasteiger partial charge on any atom is 0.236 e. The molecule has 1 fully saturated rings. The molecule has 4 rings (SSSR count). The number of carbonyl (C=O) groups is 2. The van der Waals surface area contributed by atoms with Gasteiger partial charge in [-0.1, -0.05) is 48.5 Å². The molecule has 1 saturated heterocycles. The summed E-state index contributed by atoms with van der Waals surface area (Å²) in [5, 5.41) is 1.12. The number of benzene rings is 2. The molecular weight excluding hydrogens is 424 g/mol.